The topological polar surface area (TPSA) is 45.7 Å². The van der Waals surface area contributed by atoms with Gasteiger partial charge in [-0.05, 0) is 17.7 Å². The third kappa shape index (κ3) is 7.41. The second kappa shape index (κ2) is 12.8. The molecule has 0 atom stereocenters. The number of methoxy groups -OCH3 is 1. The maximum Gasteiger partial charge on any atom is 0.191 e. The summed E-state index contributed by atoms with van der Waals surface area (Å²) >= 11 is 1.69. The molecule has 0 aliphatic carbocycles. The lowest BCUT2D eigenvalue weighted by Gasteiger charge is -2.13. The number of hydrogen-bond acceptors (Lipinski definition) is 3. The zero-order chi connectivity index (χ0) is 17.9. The summed E-state index contributed by atoms with van der Waals surface area (Å²) in [6.45, 7) is 1.39. The van der Waals surface area contributed by atoms with Gasteiger partial charge in [-0.25, -0.2) is 4.39 Å². The van der Waals surface area contributed by atoms with E-state index in [9.17, 15) is 4.39 Å². The Morgan fingerprint density at radius 1 is 1.08 bits per heavy atom. The molecule has 2 aromatic rings. The van der Waals surface area contributed by atoms with E-state index in [2.05, 4.69) is 15.6 Å². The molecule has 0 unspecified atom stereocenters. The van der Waals surface area contributed by atoms with Crippen molar-refractivity contribution in [2.45, 2.75) is 12.3 Å². The van der Waals surface area contributed by atoms with Crippen LogP contribution in [-0.2, 0) is 12.3 Å². The molecule has 0 amide bonds. The first-order valence-corrected chi connectivity index (χ1v) is 9.27. The van der Waals surface area contributed by atoms with Crippen molar-refractivity contribution in [2.24, 2.45) is 4.99 Å². The molecule has 142 valence electrons. The van der Waals surface area contributed by atoms with Gasteiger partial charge in [0, 0.05) is 37.2 Å². The van der Waals surface area contributed by atoms with Crippen LogP contribution in [-0.4, -0.2) is 32.4 Å². The lowest BCUT2D eigenvalue weighted by atomic mass is 10.2. The summed E-state index contributed by atoms with van der Waals surface area (Å²) in [5, 5.41) is 6.53. The number of rotatable bonds is 8. The van der Waals surface area contributed by atoms with E-state index >= 15 is 0 Å². The number of guanidine groups is 1. The van der Waals surface area contributed by atoms with Crippen molar-refractivity contribution < 1.29 is 9.13 Å². The molecule has 0 saturated carbocycles. The van der Waals surface area contributed by atoms with Gasteiger partial charge >= 0.3 is 0 Å². The number of aliphatic imine (C=N–C) groups is 1. The Morgan fingerprint density at radius 3 is 2.46 bits per heavy atom. The molecule has 2 rings (SSSR count). The van der Waals surface area contributed by atoms with E-state index in [1.807, 2.05) is 36.4 Å². The molecule has 0 aromatic heterocycles. The van der Waals surface area contributed by atoms with Crippen molar-refractivity contribution in [3.63, 3.8) is 0 Å². The molecule has 0 radical (unpaired) electrons. The first-order valence-electron chi connectivity index (χ1n) is 8.12. The Hall–Kier alpha value is -1.48. The van der Waals surface area contributed by atoms with Crippen LogP contribution in [0.3, 0.4) is 0 Å². The van der Waals surface area contributed by atoms with Gasteiger partial charge in [0.15, 0.2) is 5.96 Å². The fraction of sp³-hybridized carbons (Fsp3) is 0.316. The van der Waals surface area contributed by atoms with Gasteiger partial charge in [-0.3, -0.25) is 4.99 Å². The van der Waals surface area contributed by atoms with Crippen molar-refractivity contribution in [1.29, 1.82) is 0 Å². The molecule has 0 spiro atoms. The van der Waals surface area contributed by atoms with Crippen LogP contribution in [0.15, 0.2) is 53.5 Å². The Balaban J connectivity index is 0.00000338. The molecule has 4 nitrogen and oxygen atoms in total. The molecule has 2 aromatic carbocycles. The Labute approximate surface area is 176 Å². The van der Waals surface area contributed by atoms with E-state index in [0.717, 1.165) is 35.1 Å². The van der Waals surface area contributed by atoms with Gasteiger partial charge in [-0.1, -0.05) is 36.4 Å². The molecule has 0 aliphatic heterocycles. The van der Waals surface area contributed by atoms with Crippen LogP contribution in [0.5, 0.6) is 5.75 Å². The average molecular weight is 489 g/mol. The fourth-order valence-electron chi connectivity index (χ4n) is 2.29. The minimum absolute atomic E-state index is 0. The Bertz CT molecular complexity index is 700. The number of benzene rings is 2. The molecule has 0 fully saturated rings. The maximum absolute atomic E-state index is 13.5. The van der Waals surface area contributed by atoms with E-state index in [1.54, 1.807) is 32.0 Å². The normalized spacial score (nSPS) is 10.8. The number of hydrogen-bond donors (Lipinski definition) is 2. The molecule has 0 bridgehead atoms. The summed E-state index contributed by atoms with van der Waals surface area (Å²) in [7, 11) is 3.41. The summed E-state index contributed by atoms with van der Waals surface area (Å²) in [6, 6.07) is 14.8. The average Bonchev–Trinajstić information content (AvgIpc) is 2.65. The monoisotopic (exact) mass is 489 g/mol. The van der Waals surface area contributed by atoms with Gasteiger partial charge in [0.2, 0.25) is 0 Å². The van der Waals surface area contributed by atoms with E-state index in [1.165, 1.54) is 6.07 Å². The Morgan fingerprint density at radius 2 is 1.77 bits per heavy atom. The molecular weight excluding hydrogens is 464 g/mol. The highest BCUT2D eigenvalue weighted by molar-refractivity contribution is 14.0. The van der Waals surface area contributed by atoms with Crippen LogP contribution in [0.4, 0.5) is 4.39 Å². The first-order chi connectivity index (χ1) is 12.2. The third-order valence-electron chi connectivity index (χ3n) is 3.62. The smallest absolute Gasteiger partial charge is 0.191 e. The van der Waals surface area contributed by atoms with Gasteiger partial charge in [-0.2, -0.15) is 11.8 Å². The van der Waals surface area contributed by atoms with Crippen molar-refractivity contribution in [3.05, 3.63) is 65.5 Å². The van der Waals surface area contributed by atoms with E-state index < -0.39 is 0 Å². The molecular formula is C19H25FIN3OS. The van der Waals surface area contributed by atoms with Gasteiger partial charge in [0.25, 0.3) is 0 Å². The van der Waals surface area contributed by atoms with Crippen LogP contribution in [0.2, 0.25) is 0 Å². The number of nitrogens with zero attached hydrogens (tertiary/aromatic N) is 1. The van der Waals surface area contributed by atoms with Crippen LogP contribution in [0.25, 0.3) is 0 Å². The number of para-hydroxylation sites is 1. The quantitative estimate of drug-likeness (QED) is 0.254. The second-order valence-electron chi connectivity index (χ2n) is 5.31. The van der Waals surface area contributed by atoms with E-state index in [0.29, 0.717) is 12.3 Å². The zero-order valence-electron chi connectivity index (χ0n) is 15.0. The van der Waals surface area contributed by atoms with E-state index in [-0.39, 0.29) is 29.8 Å². The van der Waals surface area contributed by atoms with Crippen LogP contribution >= 0.6 is 35.7 Å². The zero-order valence-corrected chi connectivity index (χ0v) is 18.1. The summed E-state index contributed by atoms with van der Waals surface area (Å²) < 4.78 is 18.9. The summed E-state index contributed by atoms with van der Waals surface area (Å²) in [5.41, 5.74) is 1.81. The highest BCUT2D eigenvalue weighted by Gasteiger charge is 2.04. The summed E-state index contributed by atoms with van der Waals surface area (Å²) in [5.74, 6) is 2.98. The van der Waals surface area contributed by atoms with Gasteiger partial charge < -0.3 is 15.4 Å². The fourth-order valence-corrected chi connectivity index (χ4v) is 3.13. The standard InChI is InChI=1S/C19H24FN3OS.HI/c1-21-19(23-13-15-7-4-6-10-18(15)24-2)22-11-12-25-14-16-8-3-5-9-17(16)20;/h3-10H,11-14H2,1-2H3,(H2,21,22,23);1H. The van der Waals surface area contributed by atoms with Crippen molar-refractivity contribution in [2.75, 3.05) is 26.5 Å². The number of ether oxygens (including phenoxy) is 1. The summed E-state index contributed by atoms with van der Waals surface area (Å²) in [6.07, 6.45) is 0. The minimum atomic E-state index is -0.141. The van der Waals surface area contributed by atoms with Crippen molar-refractivity contribution >= 4 is 41.7 Å². The predicted octanol–water partition coefficient (Wildman–Crippen LogP) is 4.05. The lowest BCUT2D eigenvalue weighted by molar-refractivity contribution is 0.409. The molecule has 0 heterocycles. The second-order valence-corrected chi connectivity index (χ2v) is 6.41. The molecule has 26 heavy (non-hydrogen) atoms. The van der Waals surface area contributed by atoms with Crippen LogP contribution < -0.4 is 15.4 Å². The van der Waals surface area contributed by atoms with Gasteiger partial charge in [0.1, 0.15) is 11.6 Å². The number of nitrogens with one attached hydrogen (secondary N) is 2. The van der Waals surface area contributed by atoms with Crippen LogP contribution in [0, 0.1) is 5.82 Å². The molecule has 2 N–H and O–H groups in total. The molecule has 7 heteroatoms. The predicted molar refractivity (Wildman–Crippen MR) is 119 cm³/mol. The lowest BCUT2D eigenvalue weighted by Crippen LogP contribution is -2.38. The largest absolute Gasteiger partial charge is 0.496 e. The highest BCUT2D eigenvalue weighted by atomic mass is 127. The molecule has 0 aliphatic rings. The maximum atomic E-state index is 13.5. The highest BCUT2D eigenvalue weighted by Crippen LogP contribution is 2.16. The van der Waals surface area contributed by atoms with Crippen molar-refractivity contribution in [1.82, 2.24) is 10.6 Å². The minimum Gasteiger partial charge on any atom is -0.496 e. The third-order valence-corrected chi connectivity index (χ3v) is 4.62. The Kier molecular flexibility index (Phi) is 11.1. The van der Waals surface area contributed by atoms with Gasteiger partial charge in [0.05, 0.1) is 7.11 Å². The number of thioether (sulfide) groups is 1. The SMILES string of the molecule is CN=C(NCCSCc1ccccc1F)NCc1ccccc1OC.I. The first kappa shape index (κ1) is 22.6. The van der Waals surface area contributed by atoms with Gasteiger partial charge in [-0.15, -0.1) is 24.0 Å². The summed E-state index contributed by atoms with van der Waals surface area (Å²) in [4.78, 5) is 4.21. The van der Waals surface area contributed by atoms with Crippen LogP contribution in [0.1, 0.15) is 11.1 Å². The van der Waals surface area contributed by atoms with E-state index in [4.69, 9.17) is 4.74 Å². The van der Waals surface area contributed by atoms with Crippen molar-refractivity contribution in [3.8, 4) is 5.75 Å². The molecule has 0 saturated heterocycles. The number of halogens is 2.